The molecule has 2 rings (SSSR count). The number of amides is 1. The molecule has 3 atom stereocenters. The third-order valence-corrected chi connectivity index (χ3v) is 5.99. The lowest BCUT2D eigenvalue weighted by molar-refractivity contribution is -0.140. The third kappa shape index (κ3) is 2.03. The number of nitrogens with zero attached hydrogens (tertiary/aromatic N) is 1. The van der Waals surface area contributed by atoms with Gasteiger partial charge in [-0.3, -0.25) is 4.79 Å². The van der Waals surface area contributed by atoms with Gasteiger partial charge < -0.3 is 4.90 Å². The zero-order chi connectivity index (χ0) is 11.9. The number of fused-ring (bicyclic) bond motifs is 2. The third-order valence-electron chi connectivity index (χ3n) is 4.62. The number of hydrogen-bond acceptors (Lipinski definition) is 1. The van der Waals surface area contributed by atoms with Gasteiger partial charge in [-0.25, -0.2) is 0 Å². The number of halogens is 1. The zero-order valence-corrected chi connectivity index (χ0v) is 12.1. The fraction of sp³-hybridized carbons (Fsp3) is 0.923. The van der Waals surface area contributed by atoms with Crippen LogP contribution in [0.2, 0.25) is 0 Å². The summed E-state index contributed by atoms with van der Waals surface area (Å²) < 4.78 is 0. The van der Waals surface area contributed by atoms with E-state index in [0.29, 0.717) is 17.7 Å². The Morgan fingerprint density at radius 2 is 2.06 bits per heavy atom. The van der Waals surface area contributed by atoms with Crippen molar-refractivity contribution < 1.29 is 4.79 Å². The lowest BCUT2D eigenvalue weighted by atomic mass is 9.87. The van der Waals surface area contributed by atoms with Crippen LogP contribution in [0.4, 0.5) is 0 Å². The standard InChI is InChI=1S/C13H22BrNO/c1-13(2,8-14)15(3)12(16)11-7-9-4-5-10(11)6-9/h9-11H,4-8H2,1-3H3. The molecule has 0 N–H and O–H groups in total. The topological polar surface area (TPSA) is 20.3 Å². The number of rotatable bonds is 3. The van der Waals surface area contributed by atoms with Gasteiger partial charge in [-0.05, 0) is 44.9 Å². The van der Waals surface area contributed by atoms with Crippen molar-refractivity contribution >= 4 is 21.8 Å². The molecule has 0 aromatic heterocycles. The van der Waals surface area contributed by atoms with Gasteiger partial charge in [0.25, 0.3) is 0 Å². The molecule has 3 heteroatoms. The van der Waals surface area contributed by atoms with Crippen molar-refractivity contribution in [3.8, 4) is 0 Å². The fourth-order valence-electron chi connectivity index (χ4n) is 3.18. The molecule has 0 aromatic carbocycles. The minimum absolute atomic E-state index is 0.0705. The van der Waals surface area contributed by atoms with E-state index < -0.39 is 0 Å². The maximum atomic E-state index is 12.4. The monoisotopic (exact) mass is 287 g/mol. The predicted octanol–water partition coefficient (Wildman–Crippen LogP) is 3.05. The van der Waals surface area contributed by atoms with E-state index >= 15 is 0 Å². The number of carbonyl (C=O) groups is 1. The van der Waals surface area contributed by atoms with Gasteiger partial charge in [0.15, 0.2) is 0 Å². The molecule has 2 saturated carbocycles. The first-order chi connectivity index (χ1) is 7.45. The summed E-state index contributed by atoms with van der Waals surface area (Å²) >= 11 is 3.50. The average molecular weight is 288 g/mol. The lowest BCUT2D eigenvalue weighted by Gasteiger charge is -2.37. The van der Waals surface area contributed by atoms with Crippen LogP contribution in [0.3, 0.4) is 0 Å². The molecule has 0 heterocycles. The Morgan fingerprint density at radius 1 is 1.38 bits per heavy atom. The van der Waals surface area contributed by atoms with Crippen molar-refractivity contribution in [1.82, 2.24) is 4.90 Å². The maximum absolute atomic E-state index is 12.4. The molecule has 0 aliphatic heterocycles. The van der Waals surface area contributed by atoms with Gasteiger partial charge in [0.1, 0.15) is 0 Å². The maximum Gasteiger partial charge on any atom is 0.226 e. The van der Waals surface area contributed by atoms with E-state index in [1.54, 1.807) is 0 Å². The van der Waals surface area contributed by atoms with Gasteiger partial charge >= 0.3 is 0 Å². The second kappa shape index (κ2) is 4.32. The second-order valence-corrected chi connectivity index (χ2v) is 6.69. The first-order valence-electron chi connectivity index (χ1n) is 6.29. The summed E-state index contributed by atoms with van der Waals surface area (Å²) in [5.74, 6) is 2.23. The molecule has 2 aliphatic carbocycles. The zero-order valence-electron chi connectivity index (χ0n) is 10.5. The van der Waals surface area contributed by atoms with Crippen molar-refractivity contribution in [2.75, 3.05) is 12.4 Å². The molecule has 1 amide bonds. The molecule has 2 fully saturated rings. The Kier molecular flexibility index (Phi) is 3.35. The van der Waals surface area contributed by atoms with Crippen LogP contribution >= 0.6 is 15.9 Å². The molecule has 16 heavy (non-hydrogen) atoms. The van der Waals surface area contributed by atoms with Crippen LogP contribution in [0.5, 0.6) is 0 Å². The highest BCUT2D eigenvalue weighted by Crippen LogP contribution is 2.49. The van der Waals surface area contributed by atoms with Crippen molar-refractivity contribution in [2.45, 2.75) is 45.1 Å². The van der Waals surface area contributed by atoms with Crippen LogP contribution in [-0.4, -0.2) is 28.7 Å². The van der Waals surface area contributed by atoms with Crippen LogP contribution in [0.1, 0.15) is 39.5 Å². The summed E-state index contributed by atoms with van der Waals surface area (Å²) in [5.41, 5.74) is -0.0705. The van der Waals surface area contributed by atoms with Gasteiger partial charge in [-0.2, -0.15) is 0 Å². The average Bonchev–Trinajstić information content (AvgIpc) is 2.88. The smallest absolute Gasteiger partial charge is 0.226 e. The highest BCUT2D eigenvalue weighted by atomic mass is 79.9. The molecule has 3 unspecified atom stereocenters. The summed E-state index contributed by atoms with van der Waals surface area (Å²) in [7, 11) is 1.95. The van der Waals surface area contributed by atoms with Crippen LogP contribution < -0.4 is 0 Å². The molecular formula is C13H22BrNO. The summed E-state index contributed by atoms with van der Waals surface area (Å²) in [6.45, 7) is 4.24. The van der Waals surface area contributed by atoms with Gasteiger partial charge in [0.05, 0.1) is 0 Å². The Balaban J connectivity index is 2.03. The Hall–Kier alpha value is -0.0500. The van der Waals surface area contributed by atoms with Crippen molar-refractivity contribution in [3.63, 3.8) is 0 Å². The van der Waals surface area contributed by atoms with Crippen LogP contribution in [0.15, 0.2) is 0 Å². The first-order valence-corrected chi connectivity index (χ1v) is 7.41. The normalized spacial score (nSPS) is 33.1. The molecular weight excluding hydrogens is 266 g/mol. The largest absolute Gasteiger partial charge is 0.340 e. The highest BCUT2D eigenvalue weighted by Gasteiger charge is 2.45. The van der Waals surface area contributed by atoms with Gasteiger partial charge in [-0.1, -0.05) is 22.4 Å². The van der Waals surface area contributed by atoms with Gasteiger partial charge in [0.2, 0.25) is 5.91 Å². The Morgan fingerprint density at radius 3 is 2.50 bits per heavy atom. The number of carbonyl (C=O) groups excluding carboxylic acids is 1. The van der Waals surface area contributed by atoms with E-state index in [9.17, 15) is 4.79 Å². The molecule has 0 spiro atoms. The van der Waals surface area contributed by atoms with Crippen molar-refractivity contribution in [1.29, 1.82) is 0 Å². The summed E-state index contributed by atoms with van der Waals surface area (Å²) in [4.78, 5) is 14.4. The SMILES string of the molecule is CN(C(=O)C1CC2CCC1C2)C(C)(C)CBr. The van der Waals surface area contributed by atoms with E-state index in [0.717, 1.165) is 17.7 Å². The van der Waals surface area contributed by atoms with Gasteiger partial charge in [-0.15, -0.1) is 0 Å². The van der Waals surface area contributed by atoms with E-state index in [2.05, 4.69) is 29.8 Å². The fourth-order valence-corrected chi connectivity index (χ4v) is 3.56. The molecule has 0 aromatic rings. The highest BCUT2D eigenvalue weighted by molar-refractivity contribution is 9.09. The predicted molar refractivity (Wildman–Crippen MR) is 69.6 cm³/mol. The number of alkyl halides is 1. The molecule has 2 aliphatic rings. The molecule has 0 saturated heterocycles. The molecule has 2 bridgehead atoms. The Bertz CT molecular complexity index is 286. The Labute approximate surface area is 107 Å². The molecule has 92 valence electrons. The van der Waals surface area contributed by atoms with E-state index in [1.807, 2.05) is 11.9 Å². The van der Waals surface area contributed by atoms with E-state index in [1.165, 1.54) is 19.3 Å². The molecule has 2 nitrogen and oxygen atoms in total. The minimum atomic E-state index is -0.0705. The van der Waals surface area contributed by atoms with Crippen LogP contribution in [0.25, 0.3) is 0 Å². The van der Waals surface area contributed by atoms with E-state index in [4.69, 9.17) is 0 Å². The summed E-state index contributed by atoms with van der Waals surface area (Å²) in [6.07, 6.45) is 5.09. The molecule has 0 radical (unpaired) electrons. The van der Waals surface area contributed by atoms with Crippen molar-refractivity contribution in [3.05, 3.63) is 0 Å². The van der Waals surface area contributed by atoms with E-state index in [-0.39, 0.29) is 5.54 Å². The summed E-state index contributed by atoms with van der Waals surface area (Å²) in [5, 5.41) is 0.836. The lowest BCUT2D eigenvalue weighted by Crippen LogP contribution is -2.49. The van der Waals surface area contributed by atoms with Gasteiger partial charge in [0, 0.05) is 23.8 Å². The number of hydrogen-bond donors (Lipinski definition) is 0. The second-order valence-electron chi connectivity index (χ2n) is 6.12. The quantitative estimate of drug-likeness (QED) is 0.731. The van der Waals surface area contributed by atoms with Crippen LogP contribution in [0, 0.1) is 17.8 Å². The first kappa shape index (κ1) is 12.4. The summed E-state index contributed by atoms with van der Waals surface area (Å²) in [6, 6.07) is 0. The minimum Gasteiger partial charge on any atom is -0.340 e. The van der Waals surface area contributed by atoms with Crippen molar-refractivity contribution in [2.24, 2.45) is 17.8 Å². The van der Waals surface area contributed by atoms with Crippen LogP contribution in [-0.2, 0) is 4.79 Å².